The van der Waals surface area contributed by atoms with Crippen LogP contribution in [-0.4, -0.2) is 15.3 Å². The minimum atomic E-state index is -0.302. The average Bonchev–Trinajstić information content (AvgIpc) is 3.16. The maximum Gasteiger partial charge on any atom is 0.195 e. The molecule has 0 aromatic carbocycles. The van der Waals surface area contributed by atoms with Crippen molar-refractivity contribution in [3.05, 3.63) is 51.3 Å². The van der Waals surface area contributed by atoms with Gasteiger partial charge >= 0.3 is 0 Å². The predicted molar refractivity (Wildman–Crippen MR) is 83.9 cm³/mol. The molecule has 0 bridgehead atoms. The second-order valence-corrected chi connectivity index (χ2v) is 6.94. The van der Waals surface area contributed by atoms with E-state index in [2.05, 4.69) is 4.98 Å². The molecule has 20 heavy (non-hydrogen) atoms. The fourth-order valence-electron chi connectivity index (χ4n) is 2.00. The summed E-state index contributed by atoms with van der Waals surface area (Å²) >= 11 is 8.82. The fourth-order valence-corrected chi connectivity index (χ4v) is 3.79. The Hall–Kier alpha value is -1.43. The van der Waals surface area contributed by atoms with E-state index in [1.165, 1.54) is 11.3 Å². The highest BCUT2D eigenvalue weighted by Gasteiger charge is 2.21. The van der Waals surface area contributed by atoms with Crippen LogP contribution in [0.4, 0.5) is 0 Å². The molecule has 3 aromatic rings. The third-order valence-corrected chi connectivity index (χ3v) is 5.13. The molecule has 0 fully saturated rings. The van der Waals surface area contributed by atoms with E-state index in [1.807, 2.05) is 35.2 Å². The summed E-state index contributed by atoms with van der Waals surface area (Å²) in [5.41, 5.74) is 0. The van der Waals surface area contributed by atoms with Crippen molar-refractivity contribution in [2.45, 2.75) is 13.0 Å². The lowest BCUT2D eigenvalue weighted by Crippen LogP contribution is -2.15. The van der Waals surface area contributed by atoms with Gasteiger partial charge in [-0.1, -0.05) is 17.7 Å². The highest BCUT2D eigenvalue weighted by molar-refractivity contribution is 7.18. The molecular weight excluding hydrogens is 312 g/mol. The molecular formula is C14H11ClN2OS2. The molecule has 0 N–H and O–H groups in total. The van der Waals surface area contributed by atoms with Crippen LogP contribution in [0.1, 0.15) is 22.6 Å². The highest BCUT2D eigenvalue weighted by atomic mass is 35.5. The van der Waals surface area contributed by atoms with Gasteiger partial charge in [0.1, 0.15) is 0 Å². The number of hydrogen-bond acceptors (Lipinski definition) is 4. The number of nitrogens with zero attached hydrogens (tertiary/aromatic N) is 2. The van der Waals surface area contributed by atoms with Gasteiger partial charge in [-0.25, -0.2) is 4.98 Å². The van der Waals surface area contributed by atoms with Crippen LogP contribution < -0.4 is 0 Å². The summed E-state index contributed by atoms with van der Waals surface area (Å²) in [4.78, 5) is 18.6. The number of thiophene rings is 2. The van der Waals surface area contributed by atoms with Crippen molar-refractivity contribution in [1.29, 1.82) is 0 Å². The largest absolute Gasteiger partial charge is 0.320 e. The van der Waals surface area contributed by atoms with Gasteiger partial charge in [-0.05, 0) is 30.5 Å². The molecule has 3 aromatic heterocycles. The van der Waals surface area contributed by atoms with Crippen molar-refractivity contribution in [2.24, 2.45) is 0 Å². The van der Waals surface area contributed by atoms with E-state index in [9.17, 15) is 4.79 Å². The Morgan fingerprint density at radius 2 is 2.25 bits per heavy atom. The van der Waals surface area contributed by atoms with E-state index in [4.69, 9.17) is 11.6 Å². The molecule has 0 saturated heterocycles. The van der Waals surface area contributed by atoms with Gasteiger partial charge in [0.25, 0.3) is 0 Å². The van der Waals surface area contributed by atoms with Gasteiger partial charge in [0.2, 0.25) is 0 Å². The highest BCUT2D eigenvalue weighted by Crippen LogP contribution is 2.29. The van der Waals surface area contributed by atoms with E-state index >= 15 is 0 Å². The third-order valence-electron chi connectivity index (χ3n) is 3.02. The first-order chi connectivity index (χ1) is 9.66. The van der Waals surface area contributed by atoms with Crippen molar-refractivity contribution in [1.82, 2.24) is 9.55 Å². The quantitative estimate of drug-likeness (QED) is 0.648. The minimum Gasteiger partial charge on any atom is -0.320 e. The van der Waals surface area contributed by atoms with E-state index in [1.54, 1.807) is 29.7 Å². The van der Waals surface area contributed by atoms with Crippen LogP contribution in [0.15, 0.2) is 42.0 Å². The zero-order valence-corrected chi connectivity index (χ0v) is 13.0. The first-order valence-corrected chi connectivity index (χ1v) is 8.10. The number of halogens is 1. The minimum absolute atomic E-state index is 0.0534. The molecule has 102 valence electrons. The van der Waals surface area contributed by atoms with E-state index in [0.29, 0.717) is 9.21 Å². The number of carbonyl (C=O) groups is 1. The Morgan fingerprint density at radius 1 is 1.40 bits per heavy atom. The normalized spacial score (nSPS) is 12.5. The Kier molecular flexibility index (Phi) is 3.74. The summed E-state index contributed by atoms with van der Waals surface area (Å²) in [6.07, 6.45) is 3.56. The third kappa shape index (κ3) is 2.44. The maximum absolute atomic E-state index is 12.5. The summed E-state index contributed by atoms with van der Waals surface area (Å²) in [5, 5.41) is 2.00. The molecule has 1 atom stereocenters. The lowest BCUT2D eigenvalue weighted by Gasteiger charge is -2.13. The number of aromatic nitrogens is 2. The standard InChI is InChI=1S/C14H11ClN2OS2/c1-9(13(18)10-4-5-12(15)20-10)17-7-6-16-14(17)11-3-2-8-19-11/h2-9H,1H3. The van der Waals surface area contributed by atoms with E-state index in [-0.39, 0.29) is 11.8 Å². The molecule has 0 aliphatic heterocycles. The first-order valence-electron chi connectivity index (χ1n) is 6.03. The van der Waals surface area contributed by atoms with Crippen molar-refractivity contribution >= 4 is 40.1 Å². The number of imidazole rings is 1. The summed E-state index contributed by atoms with van der Waals surface area (Å²) < 4.78 is 2.53. The molecule has 0 saturated carbocycles. The topological polar surface area (TPSA) is 34.9 Å². The first kappa shape index (κ1) is 13.5. The van der Waals surface area contributed by atoms with Crippen LogP contribution in [0.25, 0.3) is 10.7 Å². The number of carbonyl (C=O) groups excluding carboxylic acids is 1. The Morgan fingerprint density at radius 3 is 2.90 bits per heavy atom. The second kappa shape index (κ2) is 5.52. The fraction of sp³-hybridized carbons (Fsp3) is 0.143. The lowest BCUT2D eigenvalue weighted by atomic mass is 10.2. The van der Waals surface area contributed by atoms with Crippen LogP contribution in [0.3, 0.4) is 0 Å². The zero-order valence-electron chi connectivity index (χ0n) is 10.6. The van der Waals surface area contributed by atoms with Crippen molar-refractivity contribution < 1.29 is 4.79 Å². The molecule has 3 heterocycles. The van der Waals surface area contributed by atoms with Crippen LogP contribution in [0, 0.1) is 0 Å². The summed E-state index contributed by atoms with van der Waals surface area (Å²) in [6.45, 7) is 1.88. The van der Waals surface area contributed by atoms with Gasteiger partial charge in [-0.3, -0.25) is 4.79 Å². The molecule has 0 aliphatic carbocycles. The van der Waals surface area contributed by atoms with Gasteiger partial charge in [-0.15, -0.1) is 22.7 Å². The van der Waals surface area contributed by atoms with Crippen LogP contribution in [0.2, 0.25) is 4.34 Å². The SMILES string of the molecule is CC(C(=O)c1ccc(Cl)s1)n1ccnc1-c1cccs1. The summed E-state index contributed by atoms with van der Waals surface area (Å²) in [7, 11) is 0. The Bertz CT molecular complexity index is 730. The van der Waals surface area contributed by atoms with Gasteiger partial charge < -0.3 is 4.57 Å². The van der Waals surface area contributed by atoms with E-state index < -0.39 is 0 Å². The molecule has 0 spiro atoms. The average molecular weight is 323 g/mol. The molecule has 3 nitrogen and oxygen atoms in total. The number of Topliss-reactive ketones (excluding diaryl/α,β-unsaturated/α-hetero) is 1. The molecule has 1 unspecified atom stereocenters. The number of ketones is 1. The maximum atomic E-state index is 12.5. The van der Waals surface area contributed by atoms with Crippen molar-refractivity contribution in [3.63, 3.8) is 0 Å². The Balaban J connectivity index is 1.94. The summed E-state index contributed by atoms with van der Waals surface area (Å²) in [6, 6.07) is 7.20. The van der Waals surface area contributed by atoms with Gasteiger partial charge in [0, 0.05) is 12.4 Å². The lowest BCUT2D eigenvalue weighted by molar-refractivity contribution is 0.0940. The van der Waals surface area contributed by atoms with Crippen LogP contribution in [0.5, 0.6) is 0 Å². The smallest absolute Gasteiger partial charge is 0.195 e. The molecule has 6 heteroatoms. The number of hydrogen-bond donors (Lipinski definition) is 0. The van der Waals surface area contributed by atoms with Gasteiger partial charge in [0.15, 0.2) is 11.6 Å². The zero-order chi connectivity index (χ0) is 14.1. The molecule has 3 rings (SSSR count). The Labute approximate surface area is 129 Å². The number of rotatable bonds is 4. The van der Waals surface area contributed by atoms with Crippen LogP contribution >= 0.6 is 34.3 Å². The van der Waals surface area contributed by atoms with E-state index in [0.717, 1.165) is 10.7 Å². The predicted octanol–water partition coefficient (Wildman–Crippen LogP) is 4.77. The molecule has 0 aliphatic rings. The van der Waals surface area contributed by atoms with Crippen molar-refractivity contribution in [3.8, 4) is 10.7 Å². The second-order valence-electron chi connectivity index (χ2n) is 4.28. The monoisotopic (exact) mass is 322 g/mol. The molecule has 0 radical (unpaired) electrons. The van der Waals surface area contributed by atoms with Gasteiger partial charge in [0.05, 0.1) is 20.1 Å². The molecule has 0 amide bonds. The van der Waals surface area contributed by atoms with Crippen LogP contribution in [-0.2, 0) is 0 Å². The van der Waals surface area contributed by atoms with Crippen molar-refractivity contribution in [2.75, 3.05) is 0 Å². The van der Waals surface area contributed by atoms with Gasteiger partial charge in [-0.2, -0.15) is 0 Å². The summed E-state index contributed by atoms with van der Waals surface area (Å²) in [5.74, 6) is 0.876.